The van der Waals surface area contributed by atoms with Crippen LogP contribution in [-0.2, 0) is 10.2 Å². The highest BCUT2D eigenvalue weighted by molar-refractivity contribution is 7.87. The summed E-state index contributed by atoms with van der Waals surface area (Å²) >= 11 is 0. The largest absolute Gasteiger partial charge is 0.316 e. The summed E-state index contributed by atoms with van der Waals surface area (Å²) in [5, 5.41) is 3.03. The summed E-state index contributed by atoms with van der Waals surface area (Å²) in [6.45, 7) is 6.20. The lowest BCUT2D eigenvalue weighted by Crippen LogP contribution is -2.40. The molecule has 14 heavy (non-hydrogen) atoms. The summed E-state index contributed by atoms with van der Waals surface area (Å²) in [5.41, 5.74) is 0. The van der Waals surface area contributed by atoms with Gasteiger partial charge in [-0.1, -0.05) is 13.8 Å². The van der Waals surface area contributed by atoms with Gasteiger partial charge in [0.1, 0.15) is 0 Å². The van der Waals surface area contributed by atoms with Crippen LogP contribution in [0, 0.1) is 0 Å². The fourth-order valence-corrected chi connectivity index (χ4v) is 1.65. The summed E-state index contributed by atoms with van der Waals surface area (Å²) < 4.78 is 26.4. The standard InChI is InChI=1S/C7H19N3O2S.ClH/c1-4-8-6-7-9-13(11,12)10(3)5-2;/h8-9H,4-7H2,1-3H3;1H. The van der Waals surface area contributed by atoms with Gasteiger partial charge in [-0.15, -0.1) is 12.4 Å². The van der Waals surface area contributed by atoms with Gasteiger partial charge in [-0.05, 0) is 6.54 Å². The lowest BCUT2D eigenvalue weighted by Gasteiger charge is -2.15. The number of nitrogens with one attached hydrogen (secondary N) is 2. The zero-order valence-corrected chi connectivity index (χ0v) is 10.5. The topological polar surface area (TPSA) is 61.4 Å². The molecule has 0 aromatic carbocycles. The van der Waals surface area contributed by atoms with Crippen LogP contribution in [0.5, 0.6) is 0 Å². The Hall–Kier alpha value is 0.120. The molecule has 7 heteroatoms. The van der Waals surface area contributed by atoms with E-state index in [0.717, 1.165) is 6.54 Å². The van der Waals surface area contributed by atoms with Crippen LogP contribution in [0.4, 0.5) is 0 Å². The second-order valence-corrected chi connectivity index (χ2v) is 4.53. The fourth-order valence-electron chi connectivity index (χ4n) is 0.725. The number of halogens is 1. The average Bonchev–Trinajstić information content (AvgIpc) is 2.11. The van der Waals surface area contributed by atoms with E-state index in [2.05, 4.69) is 10.0 Å². The number of likely N-dealkylation sites (N-methyl/N-ethyl adjacent to an activating group) is 1. The predicted octanol–water partition coefficient (Wildman–Crippen LogP) is -0.196. The predicted molar refractivity (Wildman–Crippen MR) is 61.0 cm³/mol. The van der Waals surface area contributed by atoms with Gasteiger partial charge >= 0.3 is 0 Å². The Morgan fingerprint density at radius 3 is 2.21 bits per heavy atom. The molecule has 0 saturated carbocycles. The molecule has 0 aliphatic heterocycles. The Bertz CT molecular complexity index is 221. The first-order valence-corrected chi connectivity index (χ1v) is 5.90. The lowest BCUT2D eigenvalue weighted by atomic mass is 10.6. The molecule has 88 valence electrons. The van der Waals surface area contributed by atoms with Crippen LogP contribution in [0.3, 0.4) is 0 Å². The minimum Gasteiger partial charge on any atom is -0.316 e. The highest BCUT2D eigenvalue weighted by atomic mass is 35.5. The van der Waals surface area contributed by atoms with Gasteiger partial charge in [0.25, 0.3) is 10.2 Å². The van der Waals surface area contributed by atoms with Crippen LogP contribution in [0.2, 0.25) is 0 Å². The van der Waals surface area contributed by atoms with E-state index in [4.69, 9.17) is 0 Å². The molecule has 0 radical (unpaired) electrons. The zero-order valence-electron chi connectivity index (χ0n) is 8.91. The molecule has 0 fully saturated rings. The lowest BCUT2D eigenvalue weighted by molar-refractivity contribution is 0.472. The van der Waals surface area contributed by atoms with Crippen molar-refractivity contribution in [1.82, 2.24) is 14.3 Å². The van der Waals surface area contributed by atoms with Crippen molar-refractivity contribution >= 4 is 22.6 Å². The smallest absolute Gasteiger partial charge is 0.279 e. The van der Waals surface area contributed by atoms with Crippen molar-refractivity contribution in [3.8, 4) is 0 Å². The van der Waals surface area contributed by atoms with Crippen molar-refractivity contribution in [2.75, 3.05) is 33.2 Å². The Morgan fingerprint density at radius 2 is 1.79 bits per heavy atom. The maximum absolute atomic E-state index is 11.3. The highest BCUT2D eigenvalue weighted by Gasteiger charge is 2.13. The zero-order chi connectivity index (χ0) is 10.3. The van der Waals surface area contributed by atoms with Crippen LogP contribution in [0.15, 0.2) is 0 Å². The van der Waals surface area contributed by atoms with Crippen molar-refractivity contribution in [3.05, 3.63) is 0 Å². The summed E-state index contributed by atoms with van der Waals surface area (Å²) in [6, 6.07) is 0. The first-order chi connectivity index (χ1) is 6.04. The third kappa shape index (κ3) is 6.56. The SMILES string of the molecule is CCNCCNS(=O)(=O)N(C)CC.Cl. The van der Waals surface area contributed by atoms with Gasteiger partial charge in [0.15, 0.2) is 0 Å². The number of hydrogen-bond acceptors (Lipinski definition) is 3. The van der Waals surface area contributed by atoms with Gasteiger partial charge in [0.2, 0.25) is 0 Å². The summed E-state index contributed by atoms with van der Waals surface area (Å²) in [6.07, 6.45) is 0. The molecule has 0 unspecified atom stereocenters. The van der Waals surface area contributed by atoms with Crippen LogP contribution < -0.4 is 10.0 Å². The second kappa shape index (κ2) is 8.43. The van der Waals surface area contributed by atoms with Crippen molar-refractivity contribution in [3.63, 3.8) is 0 Å². The van der Waals surface area contributed by atoms with Crippen LogP contribution >= 0.6 is 12.4 Å². The Labute approximate surface area is 92.8 Å². The molecule has 0 aromatic heterocycles. The van der Waals surface area contributed by atoms with Crippen molar-refractivity contribution in [2.24, 2.45) is 0 Å². The van der Waals surface area contributed by atoms with Crippen molar-refractivity contribution in [2.45, 2.75) is 13.8 Å². The minimum absolute atomic E-state index is 0. The van der Waals surface area contributed by atoms with Gasteiger partial charge in [-0.3, -0.25) is 0 Å². The van der Waals surface area contributed by atoms with E-state index in [1.165, 1.54) is 4.31 Å². The third-order valence-corrected chi connectivity index (χ3v) is 3.34. The summed E-state index contributed by atoms with van der Waals surface area (Å²) in [7, 11) is -1.70. The molecule has 5 nitrogen and oxygen atoms in total. The van der Waals surface area contributed by atoms with Gasteiger partial charge in [0.05, 0.1) is 0 Å². The van der Waals surface area contributed by atoms with Crippen LogP contribution in [0.1, 0.15) is 13.8 Å². The molecule has 0 aliphatic carbocycles. The van der Waals surface area contributed by atoms with Gasteiger partial charge < -0.3 is 5.32 Å². The maximum Gasteiger partial charge on any atom is 0.279 e. The molecule has 0 rings (SSSR count). The summed E-state index contributed by atoms with van der Waals surface area (Å²) in [4.78, 5) is 0. The molecule has 0 aliphatic rings. The van der Waals surface area contributed by atoms with E-state index < -0.39 is 10.2 Å². The maximum atomic E-state index is 11.3. The van der Waals surface area contributed by atoms with Gasteiger partial charge in [0, 0.05) is 26.7 Å². The average molecular weight is 246 g/mol. The molecule has 0 amide bonds. The quantitative estimate of drug-likeness (QED) is 0.611. The summed E-state index contributed by atoms with van der Waals surface area (Å²) in [5.74, 6) is 0. The highest BCUT2D eigenvalue weighted by Crippen LogP contribution is 1.90. The molecule has 2 N–H and O–H groups in total. The monoisotopic (exact) mass is 245 g/mol. The van der Waals surface area contributed by atoms with Gasteiger partial charge in [-0.25, -0.2) is 4.72 Å². The Kier molecular flexibility index (Phi) is 9.96. The molecule has 0 saturated heterocycles. The molecule has 0 heterocycles. The second-order valence-electron chi connectivity index (χ2n) is 2.67. The Morgan fingerprint density at radius 1 is 1.21 bits per heavy atom. The van der Waals surface area contributed by atoms with E-state index >= 15 is 0 Å². The number of nitrogens with zero attached hydrogens (tertiary/aromatic N) is 1. The van der Waals surface area contributed by atoms with E-state index in [9.17, 15) is 8.42 Å². The first kappa shape index (κ1) is 16.5. The fraction of sp³-hybridized carbons (Fsp3) is 1.00. The molecular formula is C7H20ClN3O2S. The van der Waals surface area contributed by atoms with E-state index in [1.54, 1.807) is 14.0 Å². The van der Waals surface area contributed by atoms with E-state index in [0.29, 0.717) is 19.6 Å². The van der Waals surface area contributed by atoms with Crippen molar-refractivity contribution in [1.29, 1.82) is 0 Å². The van der Waals surface area contributed by atoms with Gasteiger partial charge in [-0.2, -0.15) is 12.7 Å². The van der Waals surface area contributed by atoms with Crippen LogP contribution in [-0.4, -0.2) is 45.9 Å². The Balaban J connectivity index is 0. The van der Waals surface area contributed by atoms with E-state index in [-0.39, 0.29) is 12.4 Å². The molecular weight excluding hydrogens is 226 g/mol. The molecule has 0 spiro atoms. The first-order valence-electron chi connectivity index (χ1n) is 4.46. The molecule has 0 atom stereocenters. The van der Waals surface area contributed by atoms with Crippen LogP contribution in [0.25, 0.3) is 0 Å². The number of rotatable bonds is 7. The third-order valence-electron chi connectivity index (χ3n) is 1.69. The van der Waals surface area contributed by atoms with E-state index in [1.807, 2.05) is 6.92 Å². The normalized spacial score (nSPS) is 11.4. The molecule has 0 aromatic rings. The minimum atomic E-state index is -3.25. The number of hydrogen-bond donors (Lipinski definition) is 2. The van der Waals surface area contributed by atoms with Crippen molar-refractivity contribution < 1.29 is 8.42 Å². The molecule has 0 bridgehead atoms.